The first-order valence-electron chi connectivity index (χ1n) is 5.18. The summed E-state index contributed by atoms with van der Waals surface area (Å²) >= 11 is 0. The molecule has 0 amide bonds. The van der Waals surface area contributed by atoms with Crippen LogP contribution in [0.5, 0.6) is 0 Å². The number of carbonyl (C=O) groups is 1. The fourth-order valence-electron chi connectivity index (χ4n) is 1.14. The molecule has 0 saturated heterocycles. The second kappa shape index (κ2) is 11.2. The Bertz CT molecular complexity index is 313. The molecule has 0 rings (SSSR count). The molecule has 0 aromatic rings. The SMILES string of the molecule is C=CC(=O)OCCCCCCCS(=O)(=O)[O-].[Na+]. The molecule has 0 spiro atoms. The van der Waals surface area contributed by atoms with Gasteiger partial charge in [0.15, 0.2) is 0 Å². The van der Waals surface area contributed by atoms with E-state index in [0.29, 0.717) is 19.4 Å². The van der Waals surface area contributed by atoms with Gasteiger partial charge in [-0.25, -0.2) is 13.2 Å². The van der Waals surface area contributed by atoms with E-state index in [1.807, 2.05) is 0 Å². The van der Waals surface area contributed by atoms with E-state index in [-0.39, 0.29) is 35.3 Å². The van der Waals surface area contributed by atoms with Crippen LogP contribution in [-0.4, -0.2) is 31.3 Å². The van der Waals surface area contributed by atoms with E-state index in [2.05, 4.69) is 6.58 Å². The number of ether oxygens (including phenoxy) is 1. The van der Waals surface area contributed by atoms with Gasteiger partial charge in [-0.1, -0.05) is 25.8 Å². The third-order valence-corrected chi connectivity index (χ3v) is 2.74. The van der Waals surface area contributed by atoms with Crippen LogP contribution in [0.2, 0.25) is 0 Å². The van der Waals surface area contributed by atoms with Crippen molar-refractivity contribution in [2.45, 2.75) is 32.1 Å². The van der Waals surface area contributed by atoms with Crippen LogP contribution < -0.4 is 29.6 Å². The quantitative estimate of drug-likeness (QED) is 0.163. The molecule has 0 aromatic heterocycles. The van der Waals surface area contributed by atoms with Gasteiger partial charge in [0, 0.05) is 11.8 Å². The number of rotatable bonds is 9. The van der Waals surface area contributed by atoms with Crippen LogP contribution in [0.4, 0.5) is 0 Å². The van der Waals surface area contributed by atoms with E-state index >= 15 is 0 Å². The Morgan fingerprint density at radius 3 is 2.24 bits per heavy atom. The molecular weight excluding hydrogens is 255 g/mol. The first-order valence-corrected chi connectivity index (χ1v) is 6.76. The molecule has 7 heteroatoms. The second-order valence-corrected chi connectivity index (χ2v) is 4.92. The Labute approximate surface area is 125 Å². The summed E-state index contributed by atoms with van der Waals surface area (Å²) in [7, 11) is -4.07. The van der Waals surface area contributed by atoms with Gasteiger partial charge in [-0.05, 0) is 12.8 Å². The van der Waals surface area contributed by atoms with Gasteiger partial charge in [-0.3, -0.25) is 0 Å². The molecule has 0 fully saturated rings. The molecule has 0 heterocycles. The average Bonchev–Trinajstić information content (AvgIpc) is 2.20. The molecule has 0 aromatic carbocycles. The number of esters is 1. The van der Waals surface area contributed by atoms with Gasteiger partial charge in [-0.15, -0.1) is 0 Å². The standard InChI is InChI=1S/C10H18O5S.Na/c1-2-10(11)15-8-6-4-3-5-7-9-16(12,13)14;/h2H,1,3-9H2,(H,12,13,14);/q;+1/p-1. The zero-order chi connectivity index (χ0) is 12.4. The van der Waals surface area contributed by atoms with Crippen molar-refractivity contribution in [2.75, 3.05) is 12.4 Å². The molecule has 0 atom stereocenters. The molecule has 5 nitrogen and oxygen atoms in total. The number of unbranched alkanes of at least 4 members (excludes halogenated alkanes) is 4. The Morgan fingerprint density at radius 1 is 1.18 bits per heavy atom. The minimum atomic E-state index is -4.07. The topological polar surface area (TPSA) is 83.5 Å². The average molecular weight is 272 g/mol. The van der Waals surface area contributed by atoms with Crippen molar-refractivity contribution < 1.29 is 52.1 Å². The fraction of sp³-hybridized carbons (Fsp3) is 0.700. The third-order valence-electron chi connectivity index (χ3n) is 1.95. The number of hydrogen-bond acceptors (Lipinski definition) is 5. The zero-order valence-electron chi connectivity index (χ0n) is 10.2. The van der Waals surface area contributed by atoms with E-state index in [1.54, 1.807) is 0 Å². The van der Waals surface area contributed by atoms with Crippen LogP contribution in [0.1, 0.15) is 32.1 Å². The van der Waals surface area contributed by atoms with Crippen molar-refractivity contribution in [2.24, 2.45) is 0 Å². The largest absolute Gasteiger partial charge is 1.00 e. The summed E-state index contributed by atoms with van der Waals surface area (Å²) in [6, 6.07) is 0. The number of carbonyl (C=O) groups excluding carboxylic acids is 1. The van der Waals surface area contributed by atoms with Crippen molar-refractivity contribution in [1.82, 2.24) is 0 Å². The van der Waals surface area contributed by atoms with Gasteiger partial charge >= 0.3 is 35.5 Å². The van der Waals surface area contributed by atoms with Gasteiger partial charge < -0.3 is 9.29 Å². The van der Waals surface area contributed by atoms with Crippen molar-refractivity contribution in [3.8, 4) is 0 Å². The predicted molar refractivity (Wildman–Crippen MR) is 58.8 cm³/mol. The Morgan fingerprint density at radius 2 is 1.71 bits per heavy atom. The minimum absolute atomic E-state index is 0. The van der Waals surface area contributed by atoms with Crippen LogP contribution in [0.3, 0.4) is 0 Å². The molecule has 0 aliphatic rings. The van der Waals surface area contributed by atoms with Gasteiger partial charge in [0.05, 0.1) is 16.7 Å². The molecule has 0 aliphatic heterocycles. The van der Waals surface area contributed by atoms with Crippen LogP contribution in [-0.2, 0) is 19.6 Å². The van der Waals surface area contributed by atoms with Crippen LogP contribution >= 0.6 is 0 Å². The normalized spacial score (nSPS) is 10.4. The molecule has 0 aliphatic carbocycles. The van der Waals surface area contributed by atoms with Crippen LogP contribution in [0.25, 0.3) is 0 Å². The van der Waals surface area contributed by atoms with Crippen molar-refractivity contribution in [1.29, 1.82) is 0 Å². The van der Waals surface area contributed by atoms with E-state index < -0.39 is 16.1 Å². The summed E-state index contributed by atoms with van der Waals surface area (Å²) in [5, 5.41) is 0. The first kappa shape index (κ1) is 19.5. The summed E-state index contributed by atoms with van der Waals surface area (Å²) in [5.74, 6) is -0.726. The fourth-order valence-corrected chi connectivity index (χ4v) is 1.70. The molecule has 0 radical (unpaired) electrons. The maximum absolute atomic E-state index is 10.6. The van der Waals surface area contributed by atoms with Crippen molar-refractivity contribution in [3.05, 3.63) is 12.7 Å². The summed E-state index contributed by atoms with van der Waals surface area (Å²) in [6.45, 7) is 3.61. The zero-order valence-corrected chi connectivity index (χ0v) is 13.0. The number of hydrogen-bond donors (Lipinski definition) is 0. The van der Waals surface area contributed by atoms with Crippen molar-refractivity contribution >= 4 is 16.1 Å². The van der Waals surface area contributed by atoms with E-state index in [0.717, 1.165) is 25.3 Å². The smallest absolute Gasteiger partial charge is 0.748 e. The molecular formula is C10H17NaO5S. The molecule has 0 N–H and O–H groups in total. The summed E-state index contributed by atoms with van der Waals surface area (Å²) < 4.78 is 35.5. The van der Waals surface area contributed by atoms with Gasteiger partial charge in [0.2, 0.25) is 0 Å². The van der Waals surface area contributed by atoms with Crippen LogP contribution in [0, 0.1) is 0 Å². The van der Waals surface area contributed by atoms with E-state index in [4.69, 9.17) is 4.74 Å². The monoisotopic (exact) mass is 272 g/mol. The first-order chi connectivity index (χ1) is 7.45. The maximum Gasteiger partial charge on any atom is 1.00 e. The Balaban J connectivity index is 0. The summed E-state index contributed by atoms with van der Waals surface area (Å²) in [6.07, 6.45) is 4.64. The van der Waals surface area contributed by atoms with Gasteiger partial charge in [0.1, 0.15) is 0 Å². The third kappa shape index (κ3) is 16.1. The minimum Gasteiger partial charge on any atom is -0.748 e. The van der Waals surface area contributed by atoms with E-state index in [9.17, 15) is 17.8 Å². The summed E-state index contributed by atoms with van der Waals surface area (Å²) in [5.41, 5.74) is 0. The molecule has 0 unspecified atom stereocenters. The molecule has 17 heavy (non-hydrogen) atoms. The molecule has 0 saturated carbocycles. The molecule has 0 bridgehead atoms. The Kier molecular flexibility index (Phi) is 12.8. The van der Waals surface area contributed by atoms with Crippen LogP contribution in [0.15, 0.2) is 12.7 Å². The molecule has 94 valence electrons. The summed E-state index contributed by atoms with van der Waals surface area (Å²) in [4.78, 5) is 10.6. The predicted octanol–water partition coefficient (Wildman–Crippen LogP) is -1.78. The maximum atomic E-state index is 10.6. The van der Waals surface area contributed by atoms with Gasteiger partial charge in [-0.2, -0.15) is 0 Å². The van der Waals surface area contributed by atoms with Gasteiger partial charge in [0.25, 0.3) is 0 Å². The van der Waals surface area contributed by atoms with Crippen molar-refractivity contribution in [3.63, 3.8) is 0 Å². The van der Waals surface area contributed by atoms with E-state index in [1.165, 1.54) is 0 Å². The Hall–Kier alpha value is 0.120. The second-order valence-electron chi connectivity index (χ2n) is 3.40.